The van der Waals surface area contributed by atoms with E-state index in [1.807, 2.05) is 19.4 Å². The first kappa shape index (κ1) is 11.6. The van der Waals surface area contributed by atoms with Gasteiger partial charge in [0.15, 0.2) is 0 Å². The van der Waals surface area contributed by atoms with Crippen LogP contribution >= 0.6 is 0 Å². The third kappa shape index (κ3) is 2.29. The second kappa shape index (κ2) is 5.00. The van der Waals surface area contributed by atoms with Gasteiger partial charge in [-0.1, -0.05) is 13.3 Å². The van der Waals surface area contributed by atoms with Crippen LogP contribution in [0.5, 0.6) is 0 Å². The van der Waals surface area contributed by atoms with Gasteiger partial charge in [-0.3, -0.25) is 0 Å². The minimum absolute atomic E-state index is 0.0893. The van der Waals surface area contributed by atoms with Crippen molar-refractivity contribution in [1.29, 1.82) is 0 Å². The molecule has 1 heterocycles. The third-order valence-electron chi connectivity index (χ3n) is 3.95. The lowest BCUT2D eigenvalue weighted by Crippen LogP contribution is -2.21. The average Bonchev–Trinajstić information content (AvgIpc) is 2.78. The molecule has 0 amide bonds. The van der Waals surface area contributed by atoms with Gasteiger partial charge < -0.3 is 10.3 Å². The van der Waals surface area contributed by atoms with E-state index in [-0.39, 0.29) is 6.04 Å². The summed E-state index contributed by atoms with van der Waals surface area (Å²) in [5.74, 6) is 0.943. The summed E-state index contributed by atoms with van der Waals surface area (Å²) in [5, 5.41) is 0. The molecule has 0 aliphatic heterocycles. The minimum Gasteiger partial charge on any atom is -0.330 e. The second-order valence-electron chi connectivity index (χ2n) is 5.10. The predicted octanol–water partition coefficient (Wildman–Crippen LogP) is 3.04. The van der Waals surface area contributed by atoms with Gasteiger partial charge in [0.2, 0.25) is 0 Å². The Labute approximate surface area is 98.1 Å². The van der Waals surface area contributed by atoms with Crippen LogP contribution in [0.25, 0.3) is 0 Å². The molecule has 0 radical (unpaired) electrons. The Balaban J connectivity index is 2.05. The maximum atomic E-state index is 5.96. The predicted molar refractivity (Wildman–Crippen MR) is 66.1 cm³/mol. The molecule has 1 fully saturated rings. The summed E-state index contributed by atoms with van der Waals surface area (Å²) in [6, 6.07) is 0.720. The molecule has 1 atom stereocenters. The zero-order chi connectivity index (χ0) is 11.5. The van der Waals surface area contributed by atoms with Crippen molar-refractivity contribution >= 4 is 0 Å². The highest BCUT2D eigenvalue weighted by atomic mass is 15.1. The van der Waals surface area contributed by atoms with Gasteiger partial charge in [0.25, 0.3) is 0 Å². The number of nitrogens with zero attached hydrogens (tertiary/aromatic N) is 2. The van der Waals surface area contributed by atoms with Crippen LogP contribution < -0.4 is 5.73 Å². The summed E-state index contributed by atoms with van der Waals surface area (Å²) in [7, 11) is 0. The van der Waals surface area contributed by atoms with Crippen LogP contribution in [0.2, 0.25) is 0 Å². The lowest BCUT2D eigenvalue weighted by Gasteiger charge is -2.30. The van der Waals surface area contributed by atoms with Crippen molar-refractivity contribution < 1.29 is 0 Å². The van der Waals surface area contributed by atoms with E-state index in [4.69, 9.17) is 5.73 Å². The van der Waals surface area contributed by atoms with Gasteiger partial charge in [-0.2, -0.15) is 0 Å². The molecule has 3 heteroatoms. The molecule has 2 rings (SSSR count). The molecule has 1 aliphatic carbocycles. The molecule has 0 unspecified atom stereocenters. The van der Waals surface area contributed by atoms with Gasteiger partial charge in [0.1, 0.15) is 0 Å². The van der Waals surface area contributed by atoms with Crippen LogP contribution in [0.4, 0.5) is 0 Å². The molecule has 16 heavy (non-hydrogen) atoms. The first-order chi connectivity index (χ1) is 7.72. The van der Waals surface area contributed by atoms with Crippen molar-refractivity contribution in [2.24, 2.45) is 11.7 Å². The maximum absolute atomic E-state index is 5.96. The van der Waals surface area contributed by atoms with E-state index in [9.17, 15) is 0 Å². The molecule has 90 valence electrons. The molecule has 1 aromatic heterocycles. The molecule has 1 aromatic rings. The van der Waals surface area contributed by atoms with E-state index in [0.717, 1.165) is 5.92 Å². The summed E-state index contributed by atoms with van der Waals surface area (Å²) in [4.78, 5) is 4.24. The van der Waals surface area contributed by atoms with Gasteiger partial charge in [0.05, 0.1) is 12.0 Å². The molecule has 2 N–H and O–H groups in total. The highest BCUT2D eigenvalue weighted by Gasteiger charge is 2.23. The zero-order valence-electron chi connectivity index (χ0n) is 10.4. The van der Waals surface area contributed by atoms with E-state index in [1.165, 1.54) is 37.8 Å². The van der Waals surface area contributed by atoms with Crippen molar-refractivity contribution in [1.82, 2.24) is 9.55 Å². The molecule has 3 nitrogen and oxygen atoms in total. The molecule has 0 bridgehead atoms. The number of imidazole rings is 1. The second-order valence-corrected chi connectivity index (χ2v) is 5.10. The van der Waals surface area contributed by atoms with Crippen LogP contribution in [0.1, 0.15) is 63.7 Å². The smallest absolute Gasteiger partial charge is 0.0951 e. The van der Waals surface area contributed by atoms with Crippen LogP contribution in [0.3, 0.4) is 0 Å². The summed E-state index contributed by atoms with van der Waals surface area (Å²) in [6.45, 7) is 4.33. The monoisotopic (exact) mass is 221 g/mol. The van der Waals surface area contributed by atoms with E-state index in [0.29, 0.717) is 6.04 Å². The lowest BCUT2D eigenvalue weighted by atomic mass is 9.84. The number of nitrogens with two attached hydrogens (primary N) is 1. The third-order valence-corrected chi connectivity index (χ3v) is 3.95. The number of aromatic nitrogens is 2. The minimum atomic E-state index is 0.0893. The zero-order valence-corrected chi connectivity index (χ0v) is 10.4. The normalized spacial score (nSPS) is 27.9. The topological polar surface area (TPSA) is 43.8 Å². The molecule has 0 saturated heterocycles. The Morgan fingerprint density at radius 3 is 2.69 bits per heavy atom. The Morgan fingerprint density at radius 2 is 2.12 bits per heavy atom. The Kier molecular flexibility index (Phi) is 3.64. The first-order valence-electron chi connectivity index (χ1n) is 6.49. The largest absolute Gasteiger partial charge is 0.330 e. The Bertz CT molecular complexity index is 322. The van der Waals surface area contributed by atoms with Crippen LogP contribution in [-0.2, 0) is 0 Å². The number of hydrogen-bond acceptors (Lipinski definition) is 2. The van der Waals surface area contributed by atoms with Crippen molar-refractivity contribution in [3.05, 3.63) is 18.2 Å². The fourth-order valence-electron chi connectivity index (χ4n) is 2.80. The summed E-state index contributed by atoms with van der Waals surface area (Å²) < 4.78 is 2.30. The van der Waals surface area contributed by atoms with E-state index >= 15 is 0 Å². The fraction of sp³-hybridized carbons (Fsp3) is 0.769. The van der Waals surface area contributed by atoms with Crippen LogP contribution in [-0.4, -0.2) is 9.55 Å². The molecular formula is C13H23N3. The molecule has 0 spiro atoms. The SMILES string of the molecule is CCC1CCC(n2cncc2[C@@H](C)N)CC1. The van der Waals surface area contributed by atoms with Gasteiger partial charge in [-0.05, 0) is 38.5 Å². The van der Waals surface area contributed by atoms with Gasteiger partial charge in [-0.15, -0.1) is 0 Å². The van der Waals surface area contributed by atoms with Crippen molar-refractivity contribution in [2.45, 2.75) is 58.0 Å². The van der Waals surface area contributed by atoms with Crippen molar-refractivity contribution in [3.63, 3.8) is 0 Å². The van der Waals surface area contributed by atoms with Crippen LogP contribution in [0.15, 0.2) is 12.5 Å². The molecule has 0 aromatic carbocycles. The van der Waals surface area contributed by atoms with Crippen LogP contribution in [0, 0.1) is 5.92 Å². The highest BCUT2D eigenvalue weighted by molar-refractivity contribution is 5.05. The highest BCUT2D eigenvalue weighted by Crippen LogP contribution is 2.34. The summed E-state index contributed by atoms with van der Waals surface area (Å²) in [6.07, 6.45) is 10.5. The quantitative estimate of drug-likeness (QED) is 0.852. The summed E-state index contributed by atoms with van der Waals surface area (Å²) in [5.41, 5.74) is 7.14. The first-order valence-corrected chi connectivity index (χ1v) is 6.49. The van der Waals surface area contributed by atoms with E-state index < -0.39 is 0 Å². The average molecular weight is 221 g/mol. The van der Waals surface area contributed by atoms with Gasteiger partial charge >= 0.3 is 0 Å². The standard InChI is InChI=1S/C13H23N3/c1-3-11-4-6-12(7-5-11)16-9-15-8-13(16)10(2)14/h8-12H,3-7,14H2,1-2H3/t10-,11?,12?/m1/s1. The van der Waals surface area contributed by atoms with Gasteiger partial charge in [-0.25, -0.2) is 4.98 Å². The lowest BCUT2D eigenvalue weighted by molar-refractivity contribution is 0.265. The van der Waals surface area contributed by atoms with Gasteiger partial charge in [0, 0.05) is 18.3 Å². The summed E-state index contributed by atoms with van der Waals surface area (Å²) >= 11 is 0. The van der Waals surface area contributed by atoms with Crippen molar-refractivity contribution in [2.75, 3.05) is 0 Å². The Hall–Kier alpha value is -0.830. The fourth-order valence-corrected chi connectivity index (χ4v) is 2.80. The van der Waals surface area contributed by atoms with E-state index in [1.54, 1.807) is 0 Å². The van der Waals surface area contributed by atoms with Crippen molar-refractivity contribution in [3.8, 4) is 0 Å². The number of hydrogen-bond donors (Lipinski definition) is 1. The molecular weight excluding hydrogens is 198 g/mol. The van der Waals surface area contributed by atoms with E-state index in [2.05, 4.69) is 16.5 Å². The maximum Gasteiger partial charge on any atom is 0.0951 e. The number of rotatable bonds is 3. The Morgan fingerprint density at radius 1 is 1.44 bits per heavy atom. The molecule has 1 aliphatic rings. The molecule has 1 saturated carbocycles.